The molecule has 1 heterocycles. The minimum Gasteiger partial charge on any atom is -0.457 e. The molecule has 1 aliphatic rings. The first kappa shape index (κ1) is 21.3. The van der Waals surface area contributed by atoms with Crippen molar-refractivity contribution in [1.82, 2.24) is 9.97 Å². The molecule has 0 amide bonds. The van der Waals surface area contributed by atoms with Crippen LogP contribution in [0.3, 0.4) is 0 Å². The van der Waals surface area contributed by atoms with Crippen molar-refractivity contribution in [1.29, 1.82) is 0 Å². The highest BCUT2D eigenvalue weighted by Gasteiger charge is 2.41. The van der Waals surface area contributed by atoms with E-state index in [2.05, 4.69) is 15.3 Å². The number of anilines is 2. The van der Waals surface area contributed by atoms with E-state index in [-0.39, 0.29) is 17.7 Å². The molecule has 4 rings (SSSR count). The maximum absolute atomic E-state index is 10.3. The van der Waals surface area contributed by atoms with Crippen LogP contribution in [0.25, 0.3) is 11.1 Å². The molecular formula is C22H23ClN4O4. The monoisotopic (exact) mass is 442 g/mol. The molecule has 0 aliphatic heterocycles. The molecule has 1 saturated carbocycles. The predicted octanol–water partition coefficient (Wildman–Crippen LogP) is 2.69. The Kier molecular flexibility index (Phi) is 6.24. The van der Waals surface area contributed by atoms with Crippen molar-refractivity contribution in [3.05, 3.63) is 59.8 Å². The summed E-state index contributed by atoms with van der Waals surface area (Å²) in [6, 6.07) is 16.1. The molecule has 0 bridgehead atoms. The molecular weight excluding hydrogens is 420 g/mol. The molecule has 1 aliphatic carbocycles. The summed E-state index contributed by atoms with van der Waals surface area (Å²) in [5.41, 5.74) is 7.02. The number of aromatic nitrogens is 2. The lowest BCUT2D eigenvalue weighted by Gasteiger charge is -2.21. The van der Waals surface area contributed by atoms with Crippen molar-refractivity contribution in [2.45, 2.75) is 24.7 Å². The highest BCUT2D eigenvalue weighted by molar-refractivity contribution is 6.32. The quantitative estimate of drug-likeness (QED) is 0.368. The van der Waals surface area contributed by atoms with E-state index in [0.29, 0.717) is 23.6 Å². The van der Waals surface area contributed by atoms with Crippen molar-refractivity contribution < 1.29 is 20.1 Å². The number of rotatable bonds is 6. The summed E-state index contributed by atoms with van der Waals surface area (Å²) >= 11 is 6.39. The minimum atomic E-state index is -1.07. The van der Waals surface area contributed by atoms with Gasteiger partial charge in [0.25, 0.3) is 0 Å². The lowest BCUT2D eigenvalue weighted by molar-refractivity contribution is 0.00446. The van der Waals surface area contributed by atoms with E-state index in [1.165, 1.54) is 0 Å². The molecule has 1 aromatic heterocycles. The van der Waals surface area contributed by atoms with Crippen molar-refractivity contribution in [3.8, 4) is 22.6 Å². The van der Waals surface area contributed by atoms with E-state index < -0.39 is 24.2 Å². The molecule has 0 spiro atoms. The molecule has 1 fully saturated rings. The number of nitrogens with zero attached hydrogens (tertiary/aromatic N) is 2. The molecule has 0 saturated heterocycles. The third-order valence-corrected chi connectivity index (χ3v) is 5.64. The number of hydrogen-bond acceptors (Lipinski definition) is 8. The first-order valence-corrected chi connectivity index (χ1v) is 10.2. The highest BCUT2D eigenvalue weighted by Crippen LogP contribution is 2.37. The van der Waals surface area contributed by atoms with Crippen LogP contribution in [0.1, 0.15) is 6.42 Å². The first-order valence-electron chi connectivity index (χ1n) is 9.86. The van der Waals surface area contributed by atoms with Gasteiger partial charge >= 0.3 is 0 Å². The van der Waals surface area contributed by atoms with Crippen LogP contribution in [-0.4, -0.2) is 50.1 Å². The predicted molar refractivity (Wildman–Crippen MR) is 118 cm³/mol. The Labute approximate surface area is 184 Å². The number of aliphatic hydroxyl groups is 3. The summed E-state index contributed by atoms with van der Waals surface area (Å²) in [6.07, 6.45) is -1.74. The Bertz CT molecular complexity index is 1040. The smallest absolute Gasteiger partial charge is 0.223 e. The minimum absolute atomic E-state index is 0.0213. The van der Waals surface area contributed by atoms with Gasteiger partial charge < -0.3 is 31.1 Å². The van der Waals surface area contributed by atoms with Crippen LogP contribution in [0.15, 0.2) is 54.6 Å². The maximum atomic E-state index is 10.3. The third kappa shape index (κ3) is 4.57. The topological polar surface area (TPSA) is 134 Å². The lowest BCUT2D eigenvalue weighted by Crippen LogP contribution is -2.35. The number of nitrogens with one attached hydrogen (secondary N) is 1. The average Bonchev–Trinajstić information content (AvgIpc) is 3.03. The number of para-hydroxylation sites is 1. The van der Waals surface area contributed by atoms with Crippen molar-refractivity contribution in [2.75, 3.05) is 17.7 Å². The molecule has 0 radical (unpaired) electrons. The standard InChI is InChI=1S/C22H23ClN4O4/c23-20-17(12-6-8-15(9-7-12)31-14-4-2-1-3-5-14)21(27-22(24)26-20)25-16-10-13(11-28)18(29)19(16)30/h1-9,13,16,18-19,28-30H,10-11H2,(H3,24,25,26,27)/t13-,16-,18-,19+/m1/s1. The lowest BCUT2D eigenvalue weighted by atomic mass is 10.1. The summed E-state index contributed by atoms with van der Waals surface area (Å²) in [7, 11) is 0. The Morgan fingerprint density at radius 1 is 1.00 bits per heavy atom. The van der Waals surface area contributed by atoms with Gasteiger partial charge in [0.05, 0.1) is 17.7 Å². The van der Waals surface area contributed by atoms with Gasteiger partial charge in [-0.3, -0.25) is 0 Å². The largest absolute Gasteiger partial charge is 0.457 e. The second-order valence-electron chi connectivity index (χ2n) is 7.45. The van der Waals surface area contributed by atoms with Gasteiger partial charge in [-0.15, -0.1) is 0 Å². The number of nitrogen functional groups attached to an aromatic ring is 1. The fourth-order valence-corrected chi connectivity index (χ4v) is 4.03. The van der Waals surface area contributed by atoms with Crippen LogP contribution in [0.5, 0.6) is 11.5 Å². The third-order valence-electron chi connectivity index (χ3n) is 5.36. The number of nitrogens with two attached hydrogens (primary N) is 1. The SMILES string of the molecule is Nc1nc(Cl)c(-c2ccc(Oc3ccccc3)cc2)c(N[C@@H]2C[C@H](CO)[C@@H](O)[C@H]2O)n1. The van der Waals surface area contributed by atoms with Gasteiger partial charge in [0, 0.05) is 12.5 Å². The fraction of sp³-hybridized carbons (Fsp3) is 0.273. The zero-order valence-corrected chi connectivity index (χ0v) is 17.3. The molecule has 2 aromatic carbocycles. The Morgan fingerprint density at radius 3 is 2.32 bits per heavy atom. The highest BCUT2D eigenvalue weighted by atomic mass is 35.5. The van der Waals surface area contributed by atoms with Crippen molar-refractivity contribution in [3.63, 3.8) is 0 Å². The Hall–Kier alpha value is -2.91. The molecule has 9 heteroatoms. The molecule has 4 atom stereocenters. The van der Waals surface area contributed by atoms with Gasteiger partial charge in [0.2, 0.25) is 5.95 Å². The van der Waals surface area contributed by atoms with Crippen LogP contribution in [0.4, 0.5) is 11.8 Å². The second-order valence-corrected chi connectivity index (χ2v) is 7.80. The number of aliphatic hydroxyl groups excluding tert-OH is 3. The van der Waals surface area contributed by atoms with E-state index in [9.17, 15) is 15.3 Å². The van der Waals surface area contributed by atoms with E-state index in [0.717, 1.165) is 11.3 Å². The zero-order chi connectivity index (χ0) is 22.0. The molecule has 0 unspecified atom stereocenters. The van der Waals surface area contributed by atoms with Gasteiger partial charge in [0.15, 0.2) is 0 Å². The van der Waals surface area contributed by atoms with E-state index >= 15 is 0 Å². The Morgan fingerprint density at radius 2 is 1.68 bits per heavy atom. The Balaban J connectivity index is 1.61. The number of ether oxygens (including phenoxy) is 1. The van der Waals surface area contributed by atoms with Gasteiger partial charge in [-0.25, -0.2) is 4.98 Å². The summed E-state index contributed by atoms with van der Waals surface area (Å²) in [5, 5.41) is 33.1. The van der Waals surface area contributed by atoms with Crippen LogP contribution < -0.4 is 15.8 Å². The zero-order valence-electron chi connectivity index (χ0n) is 16.5. The number of benzene rings is 2. The van der Waals surface area contributed by atoms with E-state index in [1.54, 1.807) is 12.1 Å². The number of halogens is 1. The molecule has 31 heavy (non-hydrogen) atoms. The van der Waals surface area contributed by atoms with Gasteiger partial charge in [-0.1, -0.05) is 41.9 Å². The summed E-state index contributed by atoms with van der Waals surface area (Å²) in [6.45, 7) is -0.223. The van der Waals surface area contributed by atoms with Gasteiger partial charge in [-0.05, 0) is 36.2 Å². The van der Waals surface area contributed by atoms with Crippen LogP contribution >= 0.6 is 11.6 Å². The van der Waals surface area contributed by atoms with Crippen LogP contribution in [0, 0.1) is 5.92 Å². The molecule has 6 N–H and O–H groups in total. The molecule has 162 valence electrons. The van der Waals surface area contributed by atoms with Gasteiger partial charge in [0.1, 0.15) is 28.6 Å². The summed E-state index contributed by atoms with van der Waals surface area (Å²) < 4.78 is 5.82. The van der Waals surface area contributed by atoms with E-state index in [1.807, 2.05) is 42.5 Å². The van der Waals surface area contributed by atoms with Crippen LogP contribution in [0.2, 0.25) is 5.15 Å². The van der Waals surface area contributed by atoms with Crippen LogP contribution in [-0.2, 0) is 0 Å². The van der Waals surface area contributed by atoms with Crippen molar-refractivity contribution >= 4 is 23.4 Å². The van der Waals surface area contributed by atoms with Crippen molar-refractivity contribution in [2.24, 2.45) is 5.92 Å². The summed E-state index contributed by atoms with van der Waals surface area (Å²) in [5.74, 6) is 1.26. The van der Waals surface area contributed by atoms with Gasteiger partial charge in [-0.2, -0.15) is 4.98 Å². The number of hydrogen-bond donors (Lipinski definition) is 5. The second kappa shape index (κ2) is 9.07. The molecule has 3 aromatic rings. The molecule has 8 nitrogen and oxygen atoms in total. The van der Waals surface area contributed by atoms with E-state index in [4.69, 9.17) is 22.1 Å². The maximum Gasteiger partial charge on any atom is 0.223 e. The normalized spacial score (nSPS) is 23.0. The first-order chi connectivity index (χ1) is 15.0. The summed E-state index contributed by atoms with van der Waals surface area (Å²) in [4.78, 5) is 8.31. The fourth-order valence-electron chi connectivity index (χ4n) is 3.75. The average molecular weight is 443 g/mol.